The van der Waals surface area contributed by atoms with Crippen LogP contribution in [-0.4, -0.2) is 32.1 Å². The molecule has 1 aromatic carbocycles. The molecule has 0 aliphatic carbocycles. The number of nitrogen functional groups attached to an aromatic ring is 1. The van der Waals surface area contributed by atoms with Crippen LogP contribution in [0.25, 0.3) is 0 Å². The van der Waals surface area contributed by atoms with E-state index in [4.69, 9.17) is 5.73 Å². The number of carbonyl (C=O) groups is 2. The quantitative estimate of drug-likeness (QED) is 0.527. The number of amides is 1. The van der Waals surface area contributed by atoms with Crippen LogP contribution in [0.5, 0.6) is 0 Å². The van der Waals surface area contributed by atoms with E-state index in [0.29, 0.717) is 23.5 Å². The number of hydrogen-bond acceptors (Lipinski definition) is 5. The fourth-order valence-electron chi connectivity index (χ4n) is 1.54. The topological polar surface area (TPSA) is 93.5 Å². The molecule has 4 N–H and O–H groups in total. The third-order valence-corrected chi connectivity index (χ3v) is 2.50. The Labute approximate surface area is 112 Å². The molecule has 0 saturated heterocycles. The molecular formula is C13H19N3O3. The molecule has 0 atom stereocenters. The number of nitrogens with one attached hydrogen (secondary N) is 2. The fourth-order valence-corrected chi connectivity index (χ4v) is 1.54. The lowest BCUT2D eigenvalue weighted by Gasteiger charge is -2.13. The molecule has 0 spiro atoms. The molecule has 19 heavy (non-hydrogen) atoms. The normalized spacial score (nSPS) is 9.79. The Morgan fingerprint density at radius 3 is 2.74 bits per heavy atom. The van der Waals surface area contributed by atoms with Gasteiger partial charge in [-0.05, 0) is 18.6 Å². The van der Waals surface area contributed by atoms with E-state index in [1.165, 1.54) is 7.11 Å². The van der Waals surface area contributed by atoms with Gasteiger partial charge < -0.3 is 21.1 Å². The van der Waals surface area contributed by atoms with Gasteiger partial charge in [0.2, 0.25) is 5.91 Å². The molecule has 6 heteroatoms. The summed E-state index contributed by atoms with van der Waals surface area (Å²) in [5, 5.41) is 5.59. The number of rotatable bonds is 6. The van der Waals surface area contributed by atoms with Gasteiger partial charge in [-0.1, -0.05) is 13.0 Å². The Kier molecular flexibility index (Phi) is 5.66. The van der Waals surface area contributed by atoms with Crippen molar-refractivity contribution in [3.63, 3.8) is 0 Å². The standard InChI is InChI=1S/C13H19N3O3/c1-3-7-15-11(17)8-16-12-9(13(18)19-2)5-4-6-10(12)14/h4-6,16H,3,7-8,14H2,1-2H3,(H,15,17). The average Bonchev–Trinajstić information content (AvgIpc) is 2.42. The predicted octanol–water partition coefficient (Wildman–Crippen LogP) is 0.993. The van der Waals surface area contributed by atoms with Crippen LogP contribution >= 0.6 is 0 Å². The molecule has 104 valence electrons. The Morgan fingerprint density at radius 2 is 2.11 bits per heavy atom. The number of nitrogens with two attached hydrogens (primary N) is 1. The molecule has 0 saturated carbocycles. The molecule has 0 heterocycles. The first-order valence-corrected chi connectivity index (χ1v) is 6.07. The first-order valence-electron chi connectivity index (χ1n) is 6.07. The number of para-hydroxylation sites is 1. The number of ether oxygens (including phenoxy) is 1. The lowest BCUT2D eigenvalue weighted by molar-refractivity contribution is -0.119. The van der Waals surface area contributed by atoms with Crippen LogP contribution in [0.3, 0.4) is 0 Å². The summed E-state index contributed by atoms with van der Waals surface area (Å²) in [5.74, 6) is -0.648. The van der Waals surface area contributed by atoms with Crippen LogP contribution in [0.15, 0.2) is 18.2 Å². The van der Waals surface area contributed by atoms with Crippen LogP contribution < -0.4 is 16.4 Å². The van der Waals surface area contributed by atoms with Gasteiger partial charge in [0.15, 0.2) is 0 Å². The molecule has 0 unspecified atom stereocenters. The van der Waals surface area contributed by atoms with Crippen molar-refractivity contribution in [2.24, 2.45) is 0 Å². The SMILES string of the molecule is CCCNC(=O)CNc1c(N)cccc1C(=O)OC. The largest absolute Gasteiger partial charge is 0.465 e. The van der Waals surface area contributed by atoms with Gasteiger partial charge in [0.05, 0.1) is 30.6 Å². The molecule has 0 bridgehead atoms. The summed E-state index contributed by atoms with van der Waals surface area (Å²) in [5.41, 5.74) is 6.92. The highest BCUT2D eigenvalue weighted by atomic mass is 16.5. The molecule has 0 radical (unpaired) electrons. The lowest BCUT2D eigenvalue weighted by Crippen LogP contribution is -2.30. The fraction of sp³-hybridized carbons (Fsp3) is 0.385. The second-order valence-corrected chi connectivity index (χ2v) is 3.96. The third-order valence-electron chi connectivity index (χ3n) is 2.50. The smallest absolute Gasteiger partial charge is 0.340 e. The lowest BCUT2D eigenvalue weighted by atomic mass is 10.1. The maximum absolute atomic E-state index is 11.6. The van der Waals surface area contributed by atoms with Gasteiger partial charge in [-0.25, -0.2) is 4.79 Å². The number of benzene rings is 1. The zero-order valence-electron chi connectivity index (χ0n) is 11.2. The van der Waals surface area contributed by atoms with Gasteiger partial charge in [0.25, 0.3) is 0 Å². The second kappa shape index (κ2) is 7.25. The van der Waals surface area contributed by atoms with Gasteiger partial charge >= 0.3 is 5.97 Å². The molecule has 0 fully saturated rings. The van der Waals surface area contributed by atoms with Crippen LogP contribution in [0.1, 0.15) is 23.7 Å². The van der Waals surface area contributed by atoms with E-state index >= 15 is 0 Å². The van der Waals surface area contributed by atoms with Crippen LogP contribution in [0.2, 0.25) is 0 Å². The Morgan fingerprint density at radius 1 is 1.37 bits per heavy atom. The molecule has 0 aliphatic heterocycles. The Bertz CT molecular complexity index is 460. The minimum atomic E-state index is -0.497. The van der Waals surface area contributed by atoms with E-state index in [-0.39, 0.29) is 12.5 Å². The van der Waals surface area contributed by atoms with E-state index in [1.807, 2.05) is 6.92 Å². The monoisotopic (exact) mass is 265 g/mol. The van der Waals surface area contributed by atoms with E-state index in [0.717, 1.165) is 6.42 Å². The number of hydrogen-bond donors (Lipinski definition) is 3. The van der Waals surface area contributed by atoms with Crippen LogP contribution in [-0.2, 0) is 9.53 Å². The second-order valence-electron chi connectivity index (χ2n) is 3.96. The zero-order chi connectivity index (χ0) is 14.3. The molecular weight excluding hydrogens is 246 g/mol. The summed E-state index contributed by atoms with van der Waals surface area (Å²) in [4.78, 5) is 23.1. The minimum absolute atomic E-state index is 0.0538. The van der Waals surface area contributed by atoms with Gasteiger partial charge in [0, 0.05) is 6.54 Å². The van der Waals surface area contributed by atoms with E-state index < -0.39 is 5.97 Å². The van der Waals surface area contributed by atoms with Crippen molar-refractivity contribution in [3.8, 4) is 0 Å². The van der Waals surface area contributed by atoms with Gasteiger partial charge in [-0.15, -0.1) is 0 Å². The van der Waals surface area contributed by atoms with Crippen molar-refractivity contribution in [2.45, 2.75) is 13.3 Å². The maximum atomic E-state index is 11.6. The summed E-state index contributed by atoms with van der Waals surface area (Å²) < 4.78 is 4.67. The van der Waals surface area contributed by atoms with E-state index in [1.54, 1.807) is 18.2 Å². The first kappa shape index (κ1) is 14.8. The maximum Gasteiger partial charge on any atom is 0.340 e. The highest BCUT2D eigenvalue weighted by Crippen LogP contribution is 2.23. The summed E-state index contributed by atoms with van der Waals surface area (Å²) in [6.07, 6.45) is 0.868. The molecule has 1 amide bonds. The van der Waals surface area contributed by atoms with Crippen LogP contribution in [0.4, 0.5) is 11.4 Å². The molecule has 1 rings (SSSR count). The van der Waals surface area contributed by atoms with Crippen molar-refractivity contribution in [1.82, 2.24) is 5.32 Å². The van der Waals surface area contributed by atoms with Crippen molar-refractivity contribution >= 4 is 23.3 Å². The highest BCUT2D eigenvalue weighted by Gasteiger charge is 2.14. The molecule has 0 aromatic heterocycles. The number of carbonyl (C=O) groups excluding carboxylic acids is 2. The van der Waals surface area contributed by atoms with Gasteiger partial charge in [-0.3, -0.25) is 4.79 Å². The van der Waals surface area contributed by atoms with Crippen molar-refractivity contribution in [1.29, 1.82) is 0 Å². The highest BCUT2D eigenvalue weighted by molar-refractivity contribution is 5.99. The van der Waals surface area contributed by atoms with Crippen LogP contribution in [0, 0.1) is 0 Å². The van der Waals surface area contributed by atoms with Crippen molar-refractivity contribution < 1.29 is 14.3 Å². The molecule has 1 aromatic rings. The van der Waals surface area contributed by atoms with Crippen molar-refractivity contribution in [3.05, 3.63) is 23.8 Å². The van der Waals surface area contributed by atoms with E-state index in [2.05, 4.69) is 15.4 Å². The summed E-state index contributed by atoms with van der Waals surface area (Å²) in [6.45, 7) is 2.64. The average molecular weight is 265 g/mol. The third kappa shape index (κ3) is 4.17. The van der Waals surface area contributed by atoms with Gasteiger partial charge in [-0.2, -0.15) is 0 Å². The zero-order valence-corrected chi connectivity index (χ0v) is 11.2. The first-order chi connectivity index (χ1) is 9.10. The Hall–Kier alpha value is -2.24. The molecule has 6 nitrogen and oxygen atoms in total. The summed E-state index contributed by atoms with van der Waals surface area (Å²) in [6, 6.07) is 4.90. The predicted molar refractivity (Wildman–Crippen MR) is 74.0 cm³/mol. The van der Waals surface area contributed by atoms with E-state index in [9.17, 15) is 9.59 Å². The number of methoxy groups -OCH3 is 1. The number of esters is 1. The van der Waals surface area contributed by atoms with Gasteiger partial charge in [0.1, 0.15) is 0 Å². The minimum Gasteiger partial charge on any atom is -0.465 e. The Balaban J connectivity index is 2.77. The summed E-state index contributed by atoms with van der Waals surface area (Å²) >= 11 is 0. The summed E-state index contributed by atoms with van der Waals surface area (Å²) in [7, 11) is 1.29. The van der Waals surface area contributed by atoms with Crippen molar-refractivity contribution in [2.75, 3.05) is 31.2 Å². The molecule has 0 aliphatic rings. The number of anilines is 2.